The van der Waals surface area contributed by atoms with Gasteiger partial charge in [-0.05, 0) is 64.7 Å². The van der Waals surface area contributed by atoms with Crippen LogP contribution in [0.15, 0.2) is 24.3 Å². The van der Waals surface area contributed by atoms with Crippen molar-refractivity contribution >= 4 is 0 Å². The lowest BCUT2D eigenvalue weighted by molar-refractivity contribution is 0.0839. The summed E-state index contributed by atoms with van der Waals surface area (Å²) >= 11 is 0. The van der Waals surface area contributed by atoms with Crippen LogP contribution in [0.5, 0.6) is 0 Å². The third kappa shape index (κ3) is 3.67. The van der Waals surface area contributed by atoms with Gasteiger partial charge in [-0.25, -0.2) is 0 Å². The molecular formula is C19H32N2. The second kappa shape index (κ2) is 7.42. The van der Waals surface area contributed by atoms with E-state index in [1.54, 1.807) is 0 Å². The van der Waals surface area contributed by atoms with E-state index < -0.39 is 0 Å². The highest BCUT2D eigenvalue weighted by molar-refractivity contribution is 5.27. The van der Waals surface area contributed by atoms with Gasteiger partial charge >= 0.3 is 0 Å². The molecule has 21 heavy (non-hydrogen) atoms. The molecule has 1 aromatic rings. The van der Waals surface area contributed by atoms with E-state index in [1.807, 2.05) is 0 Å². The summed E-state index contributed by atoms with van der Waals surface area (Å²) in [5.74, 6) is 0. The summed E-state index contributed by atoms with van der Waals surface area (Å²) in [6, 6.07) is 9.53. The standard InChI is InChI=1S/C19H32N2/c1-5-13-20-18(17-11-9-16(3)10-12-17)19(4,6-2)21-14-7-8-15-21/h9-12,18,20H,5-8,13-15H2,1-4H3. The van der Waals surface area contributed by atoms with E-state index in [0.29, 0.717) is 6.04 Å². The van der Waals surface area contributed by atoms with E-state index in [-0.39, 0.29) is 5.54 Å². The van der Waals surface area contributed by atoms with E-state index in [1.165, 1.54) is 49.9 Å². The lowest BCUT2D eigenvalue weighted by Crippen LogP contribution is -2.53. The Morgan fingerprint density at radius 3 is 2.29 bits per heavy atom. The zero-order valence-corrected chi connectivity index (χ0v) is 14.3. The van der Waals surface area contributed by atoms with Crippen molar-refractivity contribution in [3.63, 3.8) is 0 Å². The van der Waals surface area contributed by atoms with E-state index in [2.05, 4.69) is 62.2 Å². The Bertz CT molecular complexity index is 420. The molecular weight excluding hydrogens is 256 g/mol. The van der Waals surface area contributed by atoms with Crippen molar-refractivity contribution in [2.45, 2.75) is 65.0 Å². The van der Waals surface area contributed by atoms with Crippen molar-refractivity contribution in [3.05, 3.63) is 35.4 Å². The molecule has 2 unspecified atom stereocenters. The molecule has 0 radical (unpaired) electrons. The molecule has 1 saturated heterocycles. The molecule has 1 aliphatic rings. The van der Waals surface area contributed by atoms with Gasteiger partial charge in [-0.3, -0.25) is 4.90 Å². The lowest BCUT2D eigenvalue weighted by atomic mass is 9.82. The Labute approximate surface area is 130 Å². The van der Waals surface area contributed by atoms with Gasteiger partial charge in [0.2, 0.25) is 0 Å². The molecule has 1 heterocycles. The van der Waals surface area contributed by atoms with Gasteiger partial charge in [0.1, 0.15) is 0 Å². The first-order valence-corrected chi connectivity index (χ1v) is 8.66. The van der Waals surface area contributed by atoms with Crippen molar-refractivity contribution in [1.29, 1.82) is 0 Å². The van der Waals surface area contributed by atoms with Gasteiger partial charge in [0.15, 0.2) is 0 Å². The van der Waals surface area contributed by atoms with Crippen LogP contribution >= 0.6 is 0 Å². The fourth-order valence-corrected chi connectivity index (χ4v) is 3.58. The summed E-state index contributed by atoms with van der Waals surface area (Å²) in [4.78, 5) is 2.71. The summed E-state index contributed by atoms with van der Waals surface area (Å²) in [6.07, 6.45) is 5.07. The predicted octanol–water partition coefficient (Wildman–Crippen LogP) is 4.30. The zero-order valence-electron chi connectivity index (χ0n) is 14.3. The smallest absolute Gasteiger partial charge is 0.0504 e. The molecule has 1 fully saturated rings. The minimum atomic E-state index is 0.209. The monoisotopic (exact) mass is 288 g/mol. The lowest BCUT2D eigenvalue weighted by Gasteiger charge is -2.45. The quantitative estimate of drug-likeness (QED) is 0.804. The molecule has 1 aliphatic heterocycles. The number of likely N-dealkylation sites (tertiary alicyclic amines) is 1. The summed E-state index contributed by atoms with van der Waals surface area (Å²) in [5.41, 5.74) is 2.98. The Hall–Kier alpha value is -0.860. The van der Waals surface area contributed by atoms with Gasteiger partial charge in [0.05, 0.1) is 6.04 Å². The van der Waals surface area contributed by atoms with Crippen molar-refractivity contribution in [2.24, 2.45) is 0 Å². The fourth-order valence-electron chi connectivity index (χ4n) is 3.58. The van der Waals surface area contributed by atoms with E-state index in [0.717, 1.165) is 6.54 Å². The second-order valence-corrected chi connectivity index (χ2v) is 6.70. The number of rotatable bonds is 7. The number of hydrogen-bond donors (Lipinski definition) is 1. The molecule has 0 bridgehead atoms. The molecule has 2 nitrogen and oxygen atoms in total. The Kier molecular flexibility index (Phi) is 5.83. The molecule has 118 valence electrons. The molecule has 1 N–H and O–H groups in total. The van der Waals surface area contributed by atoms with Gasteiger partial charge in [-0.15, -0.1) is 0 Å². The first kappa shape index (κ1) is 16.5. The maximum atomic E-state index is 3.83. The van der Waals surface area contributed by atoms with Crippen LogP contribution in [-0.4, -0.2) is 30.1 Å². The average Bonchev–Trinajstić information content (AvgIpc) is 3.04. The molecule has 0 aliphatic carbocycles. The van der Waals surface area contributed by atoms with Gasteiger partial charge in [0.25, 0.3) is 0 Å². The highest BCUT2D eigenvalue weighted by Gasteiger charge is 2.39. The van der Waals surface area contributed by atoms with Gasteiger partial charge in [-0.2, -0.15) is 0 Å². The highest BCUT2D eigenvalue weighted by Crippen LogP contribution is 2.36. The van der Waals surface area contributed by atoms with Crippen molar-refractivity contribution in [2.75, 3.05) is 19.6 Å². The normalized spacial score (nSPS) is 20.4. The van der Waals surface area contributed by atoms with Crippen molar-refractivity contribution < 1.29 is 0 Å². The van der Waals surface area contributed by atoms with E-state index >= 15 is 0 Å². The fraction of sp³-hybridized carbons (Fsp3) is 0.684. The van der Waals surface area contributed by atoms with Gasteiger partial charge in [-0.1, -0.05) is 43.7 Å². The second-order valence-electron chi connectivity index (χ2n) is 6.70. The molecule has 2 rings (SSSR count). The van der Waals surface area contributed by atoms with Crippen LogP contribution < -0.4 is 5.32 Å². The van der Waals surface area contributed by atoms with Crippen molar-refractivity contribution in [3.8, 4) is 0 Å². The molecule has 2 heteroatoms. The maximum Gasteiger partial charge on any atom is 0.0504 e. The van der Waals surface area contributed by atoms with Crippen LogP contribution in [0.25, 0.3) is 0 Å². The molecule has 0 amide bonds. The number of nitrogens with one attached hydrogen (secondary N) is 1. The number of benzene rings is 1. The number of aryl methyl sites for hydroxylation is 1. The third-order valence-electron chi connectivity index (χ3n) is 5.18. The van der Waals surface area contributed by atoms with Crippen LogP contribution in [0.1, 0.15) is 63.6 Å². The van der Waals surface area contributed by atoms with Crippen LogP contribution in [0.2, 0.25) is 0 Å². The maximum absolute atomic E-state index is 3.83. The Morgan fingerprint density at radius 1 is 1.14 bits per heavy atom. The van der Waals surface area contributed by atoms with Crippen molar-refractivity contribution in [1.82, 2.24) is 10.2 Å². The van der Waals surface area contributed by atoms with Crippen LogP contribution in [0.4, 0.5) is 0 Å². The van der Waals surface area contributed by atoms with Gasteiger partial charge < -0.3 is 5.32 Å². The summed E-state index contributed by atoms with van der Waals surface area (Å²) < 4.78 is 0. The minimum absolute atomic E-state index is 0.209. The summed E-state index contributed by atoms with van der Waals surface area (Å²) in [6.45, 7) is 12.8. The average molecular weight is 288 g/mol. The largest absolute Gasteiger partial charge is 0.308 e. The van der Waals surface area contributed by atoms with Gasteiger partial charge in [0, 0.05) is 5.54 Å². The Morgan fingerprint density at radius 2 is 1.76 bits per heavy atom. The van der Waals surface area contributed by atoms with Crippen LogP contribution in [-0.2, 0) is 0 Å². The topological polar surface area (TPSA) is 15.3 Å². The Balaban J connectivity index is 2.29. The first-order chi connectivity index (χ1) is 10.1. The summed E-state index contributed by atoms with van der Waals surface area (Å²) in [7, 11) is 0. The third-order valence-corrected chi connectivity index (χ3v) is 5.18. The molecule has 1 aromatic carbocycles. The predicted molar refractivity (Wildman–Crippen MR) is 91.7 cm³/mol. The minimum Gasteiger partial charge on any atom is -0.308 e. The summed E-state index contributed by atoms with van der Waals surface area (Å²) in [5, 5.41) is 3.83. The SMILES string of the molecule is CCCNC(c1ccc(C)cc1)C(C)(CC)N1CCCC1. The molecule has 2 atom stereocenters. The molecule has 0 aromatic heterocycles. The number of nitrogens with zero attached hydrogens (tertiary/aromatic N) is 1. The molecule has 0 saturated carbocycles. The van der Waals surface area contributed by atoms with E-state index in [4.69, 9.17) is 0 Å². The molecule has 0 spiro atoms. The van der Waals surface area contributed by atoms with Crippen LogP contribution in [0, 0.1) is 6.92 Å². The first-order valence-electron chi connectivity index (χ1n) is 8.66. The zero-order chi connectivity index (χ0) is 15.3. The highest BCUT2D eigenvalue weighted by atomic mass is 15.2. The number of hydrogen-bond acceptors (Lipinski definition) is 2. The van der Waals surface area contributed by atoms with E-state index in [9.17, 15) is 0 Å². The van der Waals surface area contributed by atoms with Crippen LogP contribution in [0.3, 0.4) is 0 Å².